The number of piperidine rings is 2. The molecule has 3 aliphatic rings. The predicted octanol–water partition coefficient (Wildman–Crippen LogP) is 1.47. The number of nitrogens with one attached hydrogen (secondary N) is 1. The molecule has 2 aliphatic heterocycles. The minimum absolute atomic E-state index is 0.864. The minimum atomic E-state index is 0.864. The largest absolute Gasteiger partial charge is 0.316 e. The van der Waals surface area contributed by atoms with Crippen molar-refractivity contribution in [1.29, 1.82) is 0 Å². The second-order valence-corrected chi connectivity index (χ2v) is 5.57. The van der Waals surface area contributed by atoms with Gasteiger partial charge in [-0.05, 0) is 50.6 Å². The Morgan fingerprint density at radius 2 is 2.14 bits per heavy atom. The lowest BCUT2D eigenvalue weighted by molar-refractivity contribution is 0.0882. The van der Waals surface area contributed by atoms with Crippen LogP contribution >= 0.6 is 0 Å². The van der Waals surface area contributed by atoms with E-state index in [4.69, 9.17) is 0 Å². The van der Waals surface area contributed by atoms with Gasteiger partial charge in [0.15, 0.2) is 0 Å². The van der Waals surface area contributed by atoms with Gasteiger partial charge < -0.3 is 5.32 Å². The molecule has 2 bridgehead atoms. The summed E-state index contributed by atoms with van der Waals surface area (Å²) >= 11 is 0. The van der Waals surface area contributed by atoms with Crippen molar-refractivity contribution in [3.8, 4) is 0 Å². The monoisotopic (exact) mass is 194 g/mol. The molecule has 1 aliphatic carbocycles. The van der Waals surface area contributed by atoms with Crippen molar-refractivity contribution in [2.24, 2.45) is 11.8 Å². The lowest BCUT2D eigenvalue weighted by Crippen LogP contribution is -2.51. The van der Waals surface area contributed by atoms with Gasteiger partial charge in [0.1, 0.15) is 0 Å². The fraction of sp³-hybridized carbons (Fsp3) is 1.00. The Morgan fingerprint density at radius 3 is 2.79 bits per heavy atom. The molecule has 80 valence electrons. The van der Waals surface area contributed by atoms with E-state index in [0.717, 1.165) is 23.9 Å². The van der Waals surface area contributed by atoms with Crippen LogP contribution < -0.4 is 5.32 Å². The Bertz CT molecular complexity index is 216. The molecule has 0 radical (unpaired) electrons. The van der Waals surface area contributed by atoms with E-state index >= 15 is 0 Å². The highest BCUT2D eigenvalue weighted by Crippen LogP contribution is 2.40. The van der Waals surface area contributed by atoms with Crippen molar-refractivity contribution in [1.82, 2.24) is 10.2 Å². The summed E-state index contributed by atoms with van der Waals surface area (Å²) in [6.07, 6.45) is 5.89. The van der Waals surface area contributed by atoms with E-state index in [0.29, 0.717) is 0 Å². The lowest BCUT2D eigenvalue weighted by Gasteiger charge is -2.41. The number of fused-ring (bicyclic) bond motifs is 2. The average Bonchev–Trinajstić information content (AvgIpc) is 2.79. The van der Waals surface area contributed by atoms with Crippen LogP contribution in [0.1, 0.15) is 32.6 Å². The summed E-state index contributed by atoms with van der Waals surface area (Å²) in [5.74, 6) is 1.92. The summed E-state index contributed by atoms with van der Waals surface area (Å²) < 4.78 is 0. The summed E-state index contributed by atoms with van der Waals surface area (Å²) in [6, 6.07) is 1.86. The topological polar surface area (TPSA) is 15.3 Å². The van der Waals surface area contributed by atoms with Gasteiger partial charge in [-0.1, -0.05) is 6.92 Å². The number of rotatable bonds is 1. The summed E-state index contributed by atoms with van der Waals surface area (Å²) in [6.45, 7) is 6.31. The van der Waals surface area contributed by atoms with Gasteiger partial charge in [-0.2, -0.15) is 0 Å². The molecule has 1 saturated carbocycles. The smallest absolute Gasteiger partial charge is 0.0148 e. The average molecular weight is 194 g/mol. The summed E-state index contributed by atoms with van der Waals surface area (Å²) in [4.78, 5) is 2.85. The maximum atomic E-state index is 3.51. The first-order valence-electron chi connectivity index (χ1n) is 6.31. The summed E-state index contributed by atoms with van der Waals surface area (Å²) in [7, 11) is 0. The second kappa shape index (κ2) is 3.49. The maximum absolute atomic E-state index is 3.51. The molecule has 14 heavy (non-hydrogen) atoms. The number of hydrogen-bond donors (Lipinski definition) is 1. The Labute approximate surface area is 87.0 Å². The molecule has 0 spiro atoms. The van der Waals surface area contributed by atoms with Crippen LogP contribution in [0, 0.1) is 11.8 Å². The van der Waals surface area contributed by atoms with Gasteiger partial charge in [0, 0.05) is 18.6 Å². The zero-order valence-corrected chi connectivity index (χ0v) is 9.21. The molecular weight excluding hydrogens is 172 g/mol. The first-order chi connectivity index (χ1) is 6.84. The molecule has 4 unspecified atom stereocenters. The van der Waals surface area contributed by atoms with E-state index in [2.05, 4.69) is 17.1 Å². The SMILES string of the molecule is CC1CNCCC1N1CC2CCC1C2. The molecule has 4 atom stereocenters. The molecule has 2 nitrogen and oxygen atoms in total. The van der Waals surface area contributed by atoms with Crippen LogP contribution in [0.3, 0.4) is 0 Å². The predicted molar refractivity (Wildman–Crippen MR) is 58.3 cm³/mol. The highest BCUT2D eigenvalue weighted by Gasteiger charge is 2.42. The van der Waals surface area contributed by atoms with Crippen LogP contribution in [-0.2, 0) is 0 Å². The van der Waals surface area contributed by atoms with Gasteiger partial charge in [0.05, 0.1) is 0 Å². The molecule has 0 aromatic heterocycles. The normalized spacial score (nSPS) is 48.6. The zero-order valence-electron chi connectivity index (χ0n) is 9.21. The van der Waals surface area contributed by atoms with Crippen molar-refractivity contribution < 1.29 is 0 Å². The fourth-order valence-electron chi connectivity index (χ4n) is 3.86. The van der Waals surface area contributed by atoms with Gasteiger partial charge >= 0.3 is 0 Å². The Hall–Kier alpha value is -0.0800. The van der Waals surface area contributed by atoms with Crippen LogP contribution in [0.2, 0.25) is 0 Å². The number of likely N-dealkylation sites (tertiary alicyclic amines) is 1. The summed E-state index contributed by atoms with van der Waals surface area (Å²) in [5, 5.41) is 3.51. The molecule has 3 rings (SSSR count). The number of nitrogens with zero attached hydrogens (tertiary/aromatic N) is 1. The third-order valence-electron chi connectivity index (χ3n) is 4.62. The van der Waals surface area contributed by atoms with Gasteiger partial charge in [-0.25, -0.2) is 0 Å². The lowest BCUT2D eigenvalue weighted by atomic mass is 9.92. The van der Waals surface area contributed by atoms with Gasteiger partial charge in [-0.15, -0.1) is 0 Å². The molecular formula is C12H22N2. The molecule has 2 heterocycles. The molecule has 1 N–H and O–H groups in total. The molecule has 0 amide bonds. The van der Waals surface area contributed by atoms with E-state index < -0.39 is 0 Å². The van der Waals surface area contributed by atoms with E-state index in [1.165, 1.54) is 45.3 Å². The van der Waals surface area contributed by atoms with Crippen molar-refractivity contribution in [2.45, 2.75) is 44.7 Å². The van der Waals surface area contributed by atoms with Crippen LogP contribution in [0.25, 0.3) is 0 Å². The fourth-order valence-corrected chi connectivity index (χ4v) is 3.86. The molecule has 2 heteroatoms. The van der Waals surface area contributed by atoms with Gasteiger partial charge in [0.25, 0.3) is 0 Å². The Morgan fingerprint density at radius 1 is 1.21 bits per heavy atom. The quantitative estimate of drug-likeness (QED) is 0.680. The molecule has 2 saturated heterocycles. The second-order valence-electron chi connectivity index (χ2n) is 5.57. The van der Waals surface area contributed by atoms with Crippen molar-refractivity contribution in [3.63, 3.8) is 0 Å². The third-order valence-corrected chi connectivity index (χ3v) is 4.62. The van der Waals surface area contributed by atoms with Crippen molar-refractivity contribution >= 4 is 0 Å². The van der Waals surface area contributed by atoms with Crippen LogP contribution in [0.5, 0.6) is 0 Å². The highest BCUT2D eigenvalue weighted by atomic mass is 15.2. The van der Waals surface area contributed by atoms with Crippen LogP contribution in [0.15, 0.2) is 0 Å². The standard InChI is InChI=1S/C12H22N2/c1-9-7-13-5-4-12(9)14-8-10-2-3-11(14)6-10/h9-13H,2-8H2,1H3. The van der Waals surface area contributed by atoms with Crippen molar-refractivity contribution in [3.05, 3.63) is 0 Å². The highest BCUT2D eigenvalue weighted by molar-refractivity contribution is 4.97. The van der Waals surface area contributed by atoms with Crippen LogP contribution in [0.4, 0.5) is 0 Å². The Kier molecular flexibility index (Phi) is 2.29. The third kappa shape index (κ3) is 1.40. The minimum Gasteiger partial charge on any atom is -0.316 e. The molecule has 0 aromatic rings. The van der Waals surface area contributed by atoms with Gasteiger partial charge in [0.2, 0.25) is 0 Å². The van der Waals surface area contributed by atoms with E-state index in [1.807, 2.05) is 0 Å². The first kappa shape index (κ1) is 9.17. The maximum Gasteiger partial charge on any atom is 0.0148 e. The Balaban J connectivity index is 1.69. The van der Waals surface area contributed by atoms with E-state index in [-0.39, 0.29) is 0 Å². The van der Waals surface area contributed by atoms with E-state index in [9.17, 15) is 0 Å². The zero-order chi connectivity index (χ0) is 9.54. The van der Waals surface area contributed by atoms with Gasteiger partial charge in [-0.3, -0.25) is 4.90 Å². The first-order valence-corrected chi connectivity index (χ1v) is 6.31. The number of hydrogen-bond acceptors (Lipinski definition) is 2. The molecule has 3 fully saturated rings. The van der Waals surface area contributed by atoms with E-state index in [1.54, 1.807) is 0 Å². The molecule has 0 aromatic carbocycles. The summed E-state index contributed by atoms with van der Waals surface area (Å²) in [5.41, 5.74) is 0. The van der Waals surface area contributed by atoms with Crippen molar-refractivity contribution in [2.75, 3.05) is 19.6 Å². The van der Waals surface area contributed by atoms with Crippen LogP contribution in [-0.4, -0.2) is 36.6 Å².